The molecule has 1 aliphatic rings. The van der Waals surface area contributed by atoms with Gasteiger partial charge in [0.2, 0.25) is 0 Å². The summed E-state index contributed by atoms with van der Waals surface area (Å²) in [6.07, 6.45) is 1.73. The third-order valence-corrected chi connectivity index (χ3v) is 2.48. The number of hydrogen-bond donors (Lipinski definition) is 1. The summed E-state index contributed by atoms with van der Waals surface area (Å²) in [5.41, 5.74) is 1.04. The number of nitrogens with zero attached hydrogens (tertiary/aromatic N) is 1. The molecule has 2 rings (SSSR count). The SMILES string of the molecule is O=NC1=Cc2ccccc2SN1. The van der Waals surface area contributed by atoms with E-state index >= 15 is 0 Å². The number of fused-ring (bicyclic) bond motifs is 1. The summed E-state index contributed by atoms with van der Waals surface area (Å²) in [5.74, 6) is 0.374. The fourth-order valence-corrected chi connectivity index (χ4v) is 1.72. The van der Waals surface area contributed by atoms with E-state index in [2.05, 4.69) is 9.90 Å². The molecule has 60 valence electrons. The van der Waals surface area contributed by atoms with Crippen LogP contribution in [-0.4, -0.2) is 0 Å². The Morgan fingerprint density at radius 2 is 2.17 bits per heavy atom. The van der Waals surface area contributed by atoms with E-state index in [1.165, 1.54) is 11.9 Å². The van der Waals surface area contributed by atoms with E-state index in [4.69, 9.17) is 0 Å². The first-order chi connectivity index (χ1) is 5.90. The summed E-state index contributed by atoms with van der Waals surface area (Å²) in [4.78, 5) is 11.3. The van der Waals surface area contributed by atoms with Crippen molar-refractivity contribution in [3.8, 4) is 0 Å². The molecule has 0 fully saturated rings. The lowest BCUT2D eigenvalue weighted by molar-refractivity contribution is 1.13. The Morgan fingerprint density at radius 1 is 1.33 bits per heavy atom. The Bertz CT molecular complexity index is 349. The summed E-state index contributed by atoms with van der Waals surface area (Å²) >= 11 is 1.41. The van der Waals surface area contributed by atoms with Gasteiger partial charge in [0.1, 0.15) is 0 Å². The van der Waals surface area contributed by atoms with Gasteiger partial charge in [-0.05, 0) is 34.8 Å². The number of nitrogens with one attached hydrogen (secondary N) is 1. The average molecular weight is 178 g/mol. The molecule has 12 heavy (non-hydrogen) atoms. The molecule has 0 saturated carbocycles. The zero-order valence-corrected chi connectivity index (χ0v) is 6.97. The molecule has 0 radical (unpaired) electrons. The molecule has 0 unspecified atom stereocenters. The van der Waals surface area contributed by atoms with Crippen LogP contribution in [-0.2, 0) is 0 Å². The van der Waals surface area contributed by atoms with E-state index in [9.17, 15) is 4.91 Å². The van der Waals surface area contributed by atoms with Crippen LogP contribution in [0.1, 0.15) is 5.56 Å². The van der Waals surface area contributed by atoms with Gasteiger partial charge in [-0.1, -0.05) is 18.2 Å². The zero-order chi connectivity index (χ0) is 8.39. The molecular formula is C8H6N2OS. The Balaban J connectivity index is 2.47. The second-order valence-corrected chi connectivity index (χ2v) is 3.21. The van der Waals surface area contributed by atoms with Crippen molar-refractivity contribution in [2.75, 3.05) is 0 Å². The van der Waals surface area contributed by atoms with E-state index < -0.39 is 0 Å². The summed E-state index contributed by atoms with van der Waals surface area (Å²) in [7, 11) is 0. The van der Waals surface area contributed by atoms with Gasteiger partial charge >= 0.3 is 0 Å². The monoisotopic (exact) mass is 178 g/mol. The molecule has 0 saturated heterocycles. The number of hydrogen-bond acceptors (Lipinski definition) is 4. The molecule has 0 atom stereocenters. The van der Waals surface area contributed by atoms with E-state index in [1.807, 2.05) is 24.3 Å². The van der Waals surface area contributed by atoms with Gasteiger partial charge in [0.05, 0.1) is 0 Å². The maximum atomic E-state index is 10.2. The van der Waals surface area contributed by atoms with E-state index in [1.54, 1.807) is 6.08 Å². The minimum atomic E-state index is 0.374. The van der Waals surface area contributed by atoms with Crippen LogP contribution < -0.4 is 4.72 Å². The van der Waals surface area contributed by atoms with Crippen molar-refractivity contribution < 1.29 is 0 Å². The van der Waals surface area contributed by atoms with Gasteiger partial charge in [0, 0.05) is 4.90 Å². The maximum Gasteiger partial charge on any atom is 0.181 e. The van der Waals surface area contributed by atoms with Gasteiger partial charge in [0.15, 0.2) is 5.82 Å². The third-order valence-electron chi connectivity index (χ3n) is 1.58. The normalized spacial score (nSPS) is 14.2. The van der Waals surface area contributed by atoms with Crippen LogP contribution in [0.4, 0.5) is 0 Å². The Kier molecular flexibility index (Phi) is 1.83. The largest absolute Gasteiger partial charge is 0.307 e. The molecule has 0 amide bonds. The van der Waals surface area contributed by atoms with Crippen LogP contribution in [0.5, 0.6) is 0 Å². The quantitative estimate of drug-likeness (QED) is 0.530. The number of rotatable bonds is 1. The predicted octanol–water partition coefficient (Wildman–Crippen LogP) is 2.36. The molecule has 1 aliphatic heterocycles. The number of nitroso groups, excluding NO2 is 1. The third kappa shape index (κ3) is 1.21. The summed E-state index contributed by atoms with van der Waals surface area (Å²) in [6, 6.07) is 7.84. The Hall–Kier alpha value is -1.29. The van der Waals surface area contributed by atoms with Gasteiger partial charge < -0.3 is 4.72 Å². The Labute approximate surface area is 74.0 Å². The van der Waals surface area contributed by atoms with Crippen molar-refractivity contribution in [1.82, 2.24) is 4.72 Å². The first-order valence-corrected chi connectivity index (χ1v) is 4.29. The highest BCUT2D eigenvalue weighted by molar-refractivity contribution is 7.97. The highest BCUT2D eigenvalue weighted by Crippen LogP contribution is 2.27. The Morgan fingerprint density at radius 3 is 3.00 bits per heavy atom. The smallest absolute Gasteiger partial charge is 0.181 e. The molecule has 1 N–H and O–H groups in total. The van der Waals surface area contributed by atoms with Crippen LogP contribution >= 0.6 is 11.9 Å². The minimum absolute atomic E-state index is 0.374. The van der Waals surface area contributed by atoms with Crippen molar-refractivity contribution in [2.45, 2.75) is 4.90 Å². The lowest BCUT2D eigenvalue weighted by Crippen LogP contribution is -2.05. The first kappa shape index (κ1) is 7.36. The average Bonchev–Trinajstić information content (AvgIpc) is 2.17. The predicted molar refractivity (Wildman–Crippen MR) is 49.2 cm³/mol. The summed E-state index contributed by atoms with van der Waals surface area (Å²) in [6.45, 7) is 0. The van der Waals surface area contributed by atoms with E-state index in [0.717, 1.165) is 10.5 Å². The van der Waals surface area contributed by atoms with Crippen LogP contribution in [0.2, 0.25) is 0 Å². The van der Waals surface area contributed by atoms with E-state index in [-0.39, 0.29) is 0 Å². The van der Waals surface area contributed by atoms with E-state index in [0.29, 0.717) is 5.82 Å². The van der Waals surface area contributed by atoms with Crippen LogP contribution in [0.15, 0.2) is 40.2 Å². The van der Waals surface area contributed by atoms with Crippen molar-refractivity contribution in [1.29, 1.82) is 0 Å². The fourth-order valence-electron chi connectivity index (χ4n) is 1.02. The van der Waals surface area contributed by atoms with Gasteiger partial charge in [-0.2, -0.15) is 0 Å². The zero-order valence-electron chi connectivity index (χ0n) is 6.15. The van der Waals surface area contributed by atoms with Crippen LogP contribution in [0.3, 0.4) is 0 Å². The standard InChI is InChI=1S/C8H6N2OS/c11-9-8-5-6-3-1-2-4-7(6)12-10-8/h1-5,10H. The van der Waals surface area contributed by atoms with Crippen molar-refractivity contribution in [2.24, 2.45) is 5.18 Å². The maximum absolute atomic E-state index is 10.2. The van der Waals surface area contributed by atoms with Gasteiger partial charge in [-0.25, -0.2) is 0 Å². The highest BCUT2D eigenvalue weighted by atomic mass is 32.2. The van der Waals surface area contributed by atoms with Gasteiger partial charge in [-0.3, -0.25) is 0 Å². The molecule has 0 aliphatic carbocycles. The van der Waals surface area contributed by atoms with Gasteiger partial charge in [-0.15, -0.1) is 4.91 Å². The number of benzene rings is 1. The molecule has 0 aromatic heterocycles. The van der Waals surface area contributed by atoms with Gasteiger partial charge in [0.25, 0.3) is 0 Å². The first-order valence-electron chi connectivity index (χ1n) is 3.47. The molecule has 4 heteroatoms. The minimum Gasteiger partial charge on any atom is -0.307 e. The van der Waals surface area contributed by atoms with Crippen molar-refractivity contribution in [3.05, 3.63) is 40.6 Å². The second kappa shape index (κ2) is 2.98. The summed E-state index contributed by atoms with van der Waals surface area (Å²) in [5, 5.41) is 2.83. The van der Waals surface area contributed by atoms with Crippen molar-refractivity contribution >= 4 is 18.0 Å². The van der Waals surface area contributed by atoms with Crippen molar-refractivity contribution in [3.63, 3.8) is 0 Å². The van der Waals surface area contributed by atoms with Crippen LogP contribution in [0.25, 0.3) is 6.08 Å². The molecule has 1 aromatic carbocycles. The molecule has 1 aromatic rings. The molecule has 1 heterocycles. The second-order valence-electron chi connectivity index (χ2n) is 2.36. The lowest BCUT2D eigenvalue weighted by Gasteiger charge is -2.11. The lowest BCUT2D eigenvalue weighted by atomic mass is 10.2. The molecular weight excluding hydrogens is 172 g/mol. The molecule has 0 bridgehead atoms. The highest BCUT2D eigenvalue weighted by Gasteiger charge is 2.08. The molecule has 0 spiro atoms. The molecule has 3 nitrogen and oxygen atoms in total. The topological polar surface area (TPSA) is 41.5 Å². The fraction of sp³-hybridized carbons (Fsp3) is 0. The summed E-state index contributed by atoms with van der Waals surface area (Å²) < 4.78 is 2.82. The van der Waals surface area contributed by atoms with Crippen LogP contribution in [0, 0.1) is 4.91 Å².